The second-order valence-electron chi connectivity index (χ2n) is 5.85. The zero-order chi connectivity index (χ0) is 15.1. The lowest BCUT2D eigenvalue weighted by Gasteiger charge is -2.13. The van der Waals surface area contributed by atoms with Gasteiger partial charge < -0.3 is 5.11 Å². The van der Waals surface area contributed by atoms with Gasteiger partial charge in [-0.3, -0.25) is 0 Å². The van der Waals surface area contributed by atoms with Crippen molar-refractivity contribution in [2.75, 3.05) is 0 Å². The lowest BCUT2D eigenvalue weighted by molar-refractivity contribution is 0.475. The van der Waals surface area contributed by atoms with E-state index < -0.39 is 0 Å². The van der Waals surface area contributed by atoms with Gasteiger partial charge in [-0.1, -0.05) is 70.2 Å². The Labute approximate surface area is 123 Å². The van der Waals surface area contributed by atoms with Crippen LogP contribution in [-0.4, -0.2) is 5.11 Å². The zero-order valence-corrected chi connectivity index (χ0v) is 12.9. The fourth-order valence-electron chi connectivity index (χ4n) is 1.91. The summed E-state index contributed by atoms with van der Waals surface area (Å²) < 4.78 is 0. The monoisotopic (exact) mass is 270 g/mol. The summed E-state index contributed by atoms with van der Waals surface area (Å²) in [5, 5.41) is 9.27. The molecule has 1 heteroatoms. The van der Waals surface area contributed by atoms with E-state index in [1.807, 2.05) is 18.2 Å². The van der Waals surface area contributed by atoms with Crippen molar-refractivity contribution >= 4 is 5.57 Å². The minimum atomic E-state index is 0.275. The third kappa shape index (κ3) is 5.48. The Bertz CT molecular complexity index is 477. The fraction of sp³-hybridized carbons (Fsp3) is 0.368. The summed E-state index contributed by atoms with van der Waals surface area (Å²) >= 11 is 0. The maximum absolute atomic E-state index is 9.27. The molecule has 0 spiro atoms. The third-order valence-electron chi connectivity index (χ3n) is 3.55. The molecule has 1 unspecified atom stereocenters. The van der Waals surface area contributed by atoms with Crippen molar-refractivity contribution in [3.05, 3.63) is 60.7 Å². The van der Waals surface area contributed by atoms with Gasteiger partial charge in [0.2, 0.25) is 0 Å². The fourth-order valence-corrected chi connectivity index (χ4v) is 1.91. The number of allylic oxidation sites excluding steroid dienone is 4. The molecule has 0 aromatic heterocycles. The molecule has 1 rings (SSSR count). The van der Waals surface area contributed by atoms with Crippen molar-refractivity contribution in [1.29, 1.82) is 0 Å². The minimum absolute atomic E-state index is 0.275. The van der Waals surface area contributed by atoms with Crippen LogP contribution in [0.15, 0.2) is 55.1 Å². The van der Waals surface area contributed by atoms with E-state index in [2.05, 4.69) is 40.0 Å². The molecule has 20 heavy (non-hydrogen) atoms. The molecule has 0 saturated heterocycles. The molecule has 0 fully saturated rings. The molecule has 1 atom stereocenters. The van der Waals surface area contributed by atoms with Crippen LogP contribution in [0.2, 0.25) is 0 Å². The molecule has 0 bridgehead atoms. The molecular formula is C19H26O. The van der Waals surface area contributed by atoms with Gasteiger partial charge in [0.05, 0.1) is 0 Å². The molecule has 1 N–H and O–H groups in total. The molecule has 0 aliphatic rings. The molecule has 0 heterocycles. The second kappa shape index (κ2) is 7.74. The molecule has 0 radical (unpaired) electrons. The van der Waals surface area contributed by atoms with Crippen LogP contribution in [0.1, 0.15) is 39.2 Å². The molecule has 1 aromatic rings. The number of phenolic OH excluding ortho intramolecular Hbond substituents is 1. The summed E-state index contributed by atoms with van der Waals surface area (Å²) in [6, 6.07) is 7.09. The van der Waals surface area contributed by atoms with Crippen molar-refractivity contribution in [3.8, 4) is 5.75 Å². The highest BCUT2D eigenvalue weighted by Crippen LogP contribution is 2.22. The first-order chi connectivity index (χ1) is 9.40. The van der Waals surface area contributed by atoms with E-state index in [1.165, 1.54) is 12.8 Å². The Morgan fingerprint density at radius 1 is 1.05 bits per heavy atom. The van der Waals surface area contributed by atoms with Crippen LogP contribution in [0.3, 0.4) is 0 Å². The van der Waals surface area contributed by atoms with Crippen LogP contribution in [0.5, 0.6) is 5.75 Å². The second-order valence-corrected chi connectivity index (χ2v) is 5.85. The van der Waals surface area contributed by atoms with Crippen LogP contribution in [-0.2, 0) is 0 Å². The summed E-state index contributed by atoms with van der Waals surface area (Å²) in [4.78, 5) is 0. The summed E-state index contributed by atoms with van der Waals surface area (Å²) in [7, 11) is 0. The highest BCUT2D eigenvalue weighted by molar-refractivity contribution is 5.72. The summed E-state index contributed by atoms with van der Waals surface area (Å²) in [5.41, 5.74) is 3.09. The van der Waals surface area contributed by atoms with Gasteiger partial charge in [-0.25, -0.2) is 0 Å². The molecule has 0 amide bonds. The molecule has 0 aliphatic carbocycles. The van der Waals surface area contributed by atoms with Gasteiger partial charge in [0.15, 0.2) is 0 Å². The van der Waals surface area contributed by atoms with Crippen LogP contribution >= 0.6 is 0 Å². The predicted molar refractivity (Wildman–Crippen MR) is 88.7 cm³/mol. The van der Waals surface area contributed by atoms with E-state index in [0.29, 0.717) is 5.92 Å². The van der Waals surface area contributed by atoms with E-state index in [9.17, 15) is 5.11 Å². The summed E-state index contributed by atoms with van der Waals surface area (Å²) in [6.45, 7) is 14.9. The average Bonchev–Trinajstić information content (AvgIpc) is 2.42. The smallest absolute Gasteiger partial charge is 0.115 e. The number of phenols is 1. The van der Waals surface area contributed by atoms with Crippen molar-refractivity contribution in [3.63, 3.8) is 0 Å². The lowest BCUT2D eigenvalue weighted by Crippen LogP contribution is -1.99. The average molecular weight is 270 g/mol. The Morgan fingerprint density at radius 3 is 2.20 bits per heavy atom. The first-order valence-corrected chi connectivity index (χ1v) is 7.25. The standard InChI is InChI=1S/C19H26O/c1-14(2)6-7-15(3)16(4)8-9-17(5)18-10-12-19(20)13-11-18/h8-15,20H,4-7H2,1-3H3/b9-8-. The van der Waals surface area contributed by atoms with Crippen molar-refractivity contribution in [1.82, 2.24) is 0 Å². The van der Waals surface area contributed by atoms with Gasteiger partial charge >= 0.3 is 0 Å². The van der Waals surface area contributed by atoms with E-state index in [1.54, 1.807) is 12.1 Å². The Balaban J connectivity index is 2.56. The molecule has 1 nitrogen and oxygen atoms in total. The summed E-state index contributed by atoms with van der Waals surface area (Å²) in [6.07, 6.45) is 6.46. The molecule has 0 saturated carbocycles. The van der Waals surface area contributed by atoms with Gasteiger partial charge in [0, 0.05) is 0 Å². The SMILES string of the molecule is C=C(/C=C\C(=C)C(C)CCC(C)C)c1ccc(O)cc1. The maximum atomic E-state index is 9.27. The highest BCUT2D eigenvalue weighted by Gasteiger charge is 2.05. The minimum Gasteiger partial charge on any atom is -0.508 e. The van der Waals surface area contributed by atoms with Gasteiger partial charge in [-0.05, 0) is 41.5 Å². The first kappa shape index (κ1) is 16.3. The largest absolute Gasteiger partial charge is 0.508 e. The van der Waals surface area contributed by atoms with E-state index in [0.717, 1.165) is 22.6 Å². The number of rotatable bonds is 7. The van der Waals surface area contributed by atoms with Crippen LogP contribution < -0.4 is 0 Å². The van der Waals surface area contributed by atoms with Crippen LogP contribution in [0.25, 0.3) is 5.57 Å². The first-order valence-electron chi connectivity index (χ1n) is 7.25. The van der Waals surface area contributed by atoms with Crippen LogP contribution in [0, 0.1) is 11.8 Å². The van der Waals surface area contributed by atoms with Gasteiger partial charge in [-0.2, -0.15) is 0 Å². The number of hydrogen-bond acceptors (Lipinski definition) is 1. The highest BCUT2D eigenvalue weighted by atomic mass is 16.3. The summed E-state index contributed by atoms with van der Waals surface area (Å²) in [5.74, 6) is 1.51. The molecule has 0 aliphatic heterocycles. The van der Waals surface area contributed by atoms with Gasteiger partial charge in [0.25, 0.3) is 0 Å². The van der Waals surface area contributed by atoms with Crippen molar-refractivity contribution < 1.29 is 5.11 Å². The lowest BCUT2D eigenvalue weighted by atomic mass is 9.93. The maximum Gasteiger partial charge on any atom is 0.115 e. The van der Waals surface area contributed by atoms with Gasteiger partial charge in [0.1, 0.15) is 5.75 Å². The Hall–Kier alpha value is -1.76. The normalized spacial score (nSPS) is 12.8. The van der Waals surface area contributed by atoms with E-state index in [4.69, 9.17) is 0 Å². The number of hydrogen-bond donors (Lipinski definition) is 1. The number of benzene rings is 1. The molecule has 1 aromatic carbocycles. The zero-order valence-electron chi connectivity index (χ0n) is 12.9. The Morgan fingerprint density at radius 2 is 1.65 bits per heavy atom. The number of aromatic hydroxyl groups is 1. The Kier molecular flexibility index (Phi) is 6.30. The predicted octanol–water partition coefficient (Wildman–Crippen LogP) is 5.59. The van der Waals surface area contributed by atoms with Crippen molar-refractivity contribution in [2.45, 2.75) is 33.6 Å². The van der Waals surface area contributed by atoms with Crippen LogP contribution in [0.4, 0.5) is 0 Å². The van der Waals surface area contributed by atoms with E-state index >= 15 is 0 Å². The molecule has 108 valence electrons. The third-order valence-corrected chi connectivity index (χ3v) is 3.55. The molecular weight excluding hydrogens is 244 g/mol. The van der Waals surface area contributed by atoms with Gasteiger partial charge in [-0.15, -0.1) is 0 Å². The topological polar surface area (TPSA) is 20.2 Å². The quantitative estimate of drug-likeness (QED) is 0.640. The van der Waals surface area contributed by atoms with E-state index in [-0.39, 0.29) is 5.75 Å². The van der Waals surface area contributed by atoms with Crippen molar-refractivity contribution in [2.24, 2.45) is 11.8 Å².